The zero-order valence-corrected chi connectivity index (χ0v) is 32.4. The van der Waals surface area contributed by atoms with E-state index >= 15 is 0 Å². The summed E-state index contributed by atoms with van der Waals surface area (Å²) >= 11 is -1.21. The average Bonchev–Trinajstić information content (AvgIpc) is 3.17. The number of anilines is 1. The number of rotatable bonds is 16. The minimum atomic E-state index is -3.91. The van der Waals surface area contributed by atoms with E-state index in [-0.39, 0.29) is 9.79 Å². The van der Waals surface area contributed by atoms with Crippen LogP contribution in [0.15, 0.2) is 63.3 Å². The molecule has 0 saturated carbocycles. The third-order valence-corrected chi connectivity index (χ3v) is 13.8. The van der Waals surface area contributed by atoms with Gasteiger partial charge in [0.1, 0.15) is 16.9 Å². The van der Waals surface area contributed by atoms with E-state index in [0.29, 0.717) is 40.5 Å². The van der Waals surface area contributed by atoms with Crippen LogP contribution in [-0.4, -0.2) is 105 Å². The smallest absolute Gasteiger partial charge is 0.210 e. The molecule has 9 nitrogen and oxygen atoms in total. The van der Waals surface area contributed by atoms with E-state index in [1.54, 1.807) is 30.5 Å². The number of piperidine rings is 2. The van der Waals surface area contributed by atoms with Crippen molar-refractivity contribution >= 4 is 37.6 Å². The van der Waals surface area contributed by atoms with Crippen molar-refractivity contribution in [1.82, 2.24) is 14.8 Å². The molecule has 0 aliphatic carbocycles. The zero-order chi connectivity index (χ0) is 35.6. The first kappa shape index (κ1) is 38.3. The highest BCUT2D eigenvalue weighted by molar-refractivity contribution is 7.91. The summed E-state index contributed by atoms with van der Waals surface area (Å²) in [5.41, 5.74) is 1.38. The first-order valence-corrected chi connectivity index (χ1v) is 22.4. The largest absolute Gasteiger partial charge is 0.612 e. The van der Waals surface area contributed by atoms with Gasteiger partial charge >= 0.3 is 0 Å². The van der Waals surface area contributed by atoms with E-state index in [2.05, 4.69) is 26.6 Å². The minimum absolute atomic E-state index is 0.200. The standard InChI is InChI=1S/C40H58N4O5S2/c1-3-4-5-6-7-8-9-10-27-49-34-11-14-36(15-12-34)51(46,47)39-31-41-38-16-13-35(50(2)45)30-37(38)40(39)44-23-19-32(20-24-44)42-21-17-33(18-22-42)43-25-28-48-29-26-43/h11-16,30-33H,3-10,17-29H2,1-2H3. The number of sulfone groups is 1. The molecule has 0 amide bonds. The SMILES string of the molecule is CCCCCCCCCCOc1ccc(S(=O)(=O)c2cnc3ccc([S+](C)[O-])cc3c2N2CCC(N3CCC(N4CCOCC4)CC3)CC2)cc1. The molecule has 0 bridgehead atoms. The molecule has 1 aromatic heterocycles. The summed E-state index contributed by atoms with van der Waals surface area (Å²) < 4.78 is 52.9. The lowest BCUT2D eigenvalue weighted by Crippen LogP contribution is -2.53. The van der Waals surface area contributed by atoms with Gasteiger partial charge in [-0.2, -0.15) is 0 Å². The van der Waals surface area contributed by atoms with Gasteiger partial charge in [-0.25, -0.2) is 8.42 Å². The highest BCUT2D eigenvalue weighted by Crippen LogP contribution is 2.39. The third-order valence-electron chi connectivity index (χ3n) is 11.2. The molecule has 280 valence electrons. The van der Waals surface area contributed by atoms with Crippen LogP contribution < -0.4 is 9.64 Å². The molecule has 3 aromatic rings. The van der Waals surface area contributed by atoms with Gasteiger partial charge in [-0.1, -0.05) is 51.9 Å². The van der Waals surface area contributed by atoms with E-state index in [0.717, 1.165) is 83.6 Å². The predicted octanol–water partition coefficient (Wildman–Crippen LogP) is 7.09. The van der Waals surface area contributed by atoms with Crippen LogP contribution in [-0.2, 0) is 25.7 Å². The first-order chi connectivity index (χ1) is 24.8. The Morgan fingerprint density at radius 3 is 2.08 bits per heavy atom. The average molecular weight is 739 g/mol. The van der Waals surface area contributed by atoms with E-state index in [4.69, 9.17) is 9.47 Å². The van der Waals surface area contributed by atoms with Crippen LogP contribution >= 0.6 is 0 Å². The summed E-state index contributed by atoms with van der Waals surface area (Å²) in [7, 11) is -3.91. The fourth-order valence-electron chi connectivity index (χ4n) is 8.12. The molecular weight excluding hydrogens is 681 g/mol. The Morgan fingerprint density at radius 2 is 1.43 bits per heavy atom. The highest BCUT2D eigenvalue weighted by atomic mass is 32.2. The summed E-state index contributed by atoms with van der Waals surface area (Å²) in [6, 6.07) is 13.5. The summed E-state index contributed by atoms with van der Waals surface area (Å²) in [5, 5.41) is 0.735. The lowest BCUT2D eigenvalue weighted by molar-refractivity contribution is -0.00446. The number of hydrogen-bond acceptors (Lipinski definition) is 9. The van der Waals surface area contributed by atoms with Gasteiger partial charge in [0.25, 0.3) is 0 Å². The fourth-order valence-corrected chi connectivity index (χ4v) is 10.1. The van der Waals surface area contributed by atoms with Crippen molar-refractivity contribution in [2.24, 2.45) is 0 Å². The monoisotopic (exact) mass is 738 g/mol. The Bertz CT molecular complexity index is 1630. The maximum Gasteiger partial charge on any atom is 0.210 e. The van der Waals surface area contributed by atoms with Gasteiger partial charge in [0, 0.05) is 55.9 Å². The molecule has 6 rings (SSSR count). The van der Waals surface area contributed by atoms with Crippen molar-refractivity contribution in [1.29, 1.82) is 0 Å². The Kier molecular flexibility index (Phi) is 14.0. The van der Waals surface area contributed by atoms with E-state index in [1.807, 2.05) is 18.2 Å². The van der Waals surface area contributed by atoms with Crippen LogP contribution in [0.25, 0.3) is 10.9 Å². The lowest BCUT2D eigenvalue weighted by Gasteiger charge is -2.45. The Hall–Kier alpha value is -2.41. The number of morpholine rings is 1. The summed E-state index contributed by atoms with van der Waals surface area (Å²) in [5.74, 6) is 0.680. The quantitative estimate of drug-likeness (QED) is 0.113. The molecule has 2 aromatic carbocycles. The number of nitrogens with zero attached hydrogens (tertiary/aromatic N) is 4. The van der Waals surface area contributed by atoms with Crippen molar-refractivity contribution in [3.8, 4) is 5.75 Å². The molecule has 1 atom stereocenters. The van der Waals surface area contributed by atoms with Gasteiger partial charge in [0.05, 0.1) is 35.9 Å². The van der Waals surface area contributed by atoms with Gasteiger partial charge in [-0.05, 0) is 92.8 Å². The summed E-state index contributed by atoms with van der Waals surface area (Å²) in [6.07, 6.45) is 17.4. The third kappa shape index (κ3) is 9.78. The van der Waals surface area contributed by atoms with Crippen LogP contribution in [0, 0.1) is 0 Å². The van der Waals surface area contributed by atoms with Gasteiger partial charge in [-0.3, -0.25) is 9.88 Å². The van der Waals surface area contributed by atoms with Crippen LogP contribution in [0.5, 0.6) is 5.75 Å². The van der Waals surface area contributed by atoms with Crippen LogP contribution in [0.4, 0.5) is 5.69 Å². The zero-order valence-electron chi connectivity index (χ0n) is 30.8. The number of pyridine rings is 1. The maximum absolute atomic E-state index is 14.4. The number of ether oxygens (including phenoxy) is 2. The van der Waals surface area contributed by atoms with E-state index < -0.39 is 21.0 Å². The highest BCUT2D eigenvalue weighted by Gasteiger charge is 2.34. The Morgan fingerprint density at radius 1 is 0.824 bits per heavy atom. The minimum Gasteiger partial charge on any atom is -0.612 e. The molecule has 3 aliphatic heterocycles. The molecule has 51 heavy (non-hydrogen) atoms. The van der Waals surface area contributed by atoms with Crippen molar-refractivity contribution in [3.63, 3.8) is 0 Å². The molecule has 0 radical (unpaired) electrons. The number of fused-ring (bicyclic) bond motifs is 1. The number of unbranched alkanes of at least 4 members (excludes halogenated alkanes) is 7. The normalized spacial score (nSPS) is 19.5. The fraction of sp³-hybridized carbons (Fsp3) is 0.625. The summed E-state index contributed by atoms with van der Waals surface area (Å²) in [6.45, 7) is 10.3. The molecular formula is C40H58N4O5S2. The number of hydrogen-bond donors (Lipinski definition) is 0. The Labute approximate surface area is 309 Å². The second-order valence-corrected chi connectivity index (χ2v) is 17.8. The maximum atomic E-state index is 14.4. The molecule has 3 fully saturated rings. The molecule has 4 heterocycles. The molecule has 0 N–H and O–H groups in total. The number of aromatic nitrogens is 1. The van der Waals surface area contributed by atoms with Gasteiger partial charge in [-0.15, -0.1) is 0 Å². The topological polar surface area (TPSA) is 98.3 Å². The number of likely N-dealkylation sites (tertiary alicyclic amines) is 1. The van der Waals surface area contributed by atoms with Crippen LogP contribution in [0.3, 0.4) is 0 Å². The number of benzene rings is 2. The molecule has 3 aliphatic rings. The molecule has 1 unspecified atom stereocenters. The van der Waals surface area contributed by atoms with Crippen LogP contribution in [0.1, 0.15) is 84.0 Å². The lowest BCUT2D eigenvalue weighted by atomic mass is 9.96. The van der Waals surface area contributed by atoms with Crippen LogP contribution in [0.2, 0.25) is 0 Å². The van der Waals surface area contributed by atoms with Crippen molar-refractivity contribution in [2.45, 2.75) is 111 Å². The first-order valence-electron chi connectivity index (χ1n) is 19.4. The second-order valence-electron chi connectivity index (χ2n) is 14.5. The van der Waals surface area contributed by atoms with Gasteiger partial charge in [0.2, 0.25) is 9.84 Å². The molecule has 11 heteroatoms. The van der Waals surface area contributed by atoms with Gasteiger partial charge < -0.3 is 23.8 Å². The summed E-state index contributed by atoms with van der Waals surface area (Å²) in [4.78, 5) is 13.2. The van der Waals surface area contributed by atoms with Crippen molar-refractivity contribution in [3.05, 3.63) is 48.7 Å². The molecule has 0 spiro atoms. The molecule has 3 saturated heterocycles. The van der Waals surface area contributed by atoms with Crippen molar-refractivity contribution in [2.75, 3.05) is 70.2 Å². The Balaban J connectivity index is 1.13. The van der Waals surface area contributed by atoms with Gasteiger partial charge in [0.15, 0.2) is 4.90 Å². The van der Waals surface area contributed by atoms with E-state index in [9.17, 15) is 13.0 Å². The predicted molar refractivity (Wildman–Crippen MR) is 206 cm³/mol. The van der Waals surface area contributed by atoms with Crippen molar-refractivity contribution < 1.29 is 22.4 Å². The second kappa shape index (κ2) is 18.6. The van der Waals surface area contributed by atoms with E-state index in [1.165, 1.54) is 57.6 Å².